The van der Waals surface area contributed by atoms with Gasteiger partial charge in [0.15, 0.2) is 0 Å². The number of aliphatic hydroxyl groups excluding tert-OH is 1. The first-order valence-corrected chi connectivity index (χ1v) is 5.46. The zero-order valence-corrected chi connectivity index (χ0v) is 9.40. The average molecular weight is 221 g/mol. The third-order valence-electron chi connectivity index (χ3n) is 1.76. The number of halogens is 1. The topological polar surface area (TPSA) is 20.2 Å². The number of alkyl halides is 1. The molecule has 0 bridgehead atoms. The molecule has 13 heavy (non-hydrogen) atoms. The molecule has 1 unspecified atom stereocenters. The Morgan fingerprint density at radius 1 is 1.23 bits per heavy atom. The van der Waals surface area contributed by atoms with Crippen molar-refractivity contribution in [3.8, 4) is 0 Å². The first-order valence-electron chi connectivity index (χ1n) is 4.93. The molecule has 0 aromatic carbocycles. The Labute approximate surface area is 104 Å². The lowest BCUT2D eigenvalue weighted by molar-refractivity contribution is 0.318. The molecule has 0 fully saturated rings. The highest BCUT2D eigenvalue weighted by atomic mass is 35.5. The first kappa shape index (κ1) is 19.6. The molecule has 0 rings (SSSR count). The van der Waals surface area contributed by atoms with E-state index in [0.717, 1.165) is 11.8 Å². The van der Waals surface area contributed by atoms with Gasteiger partial charge in [0.05, 0.1) is 0 Å². The summed E-state index contributed by atoms with van der Waals surface area (Å²) in [6, 6.07) is 0. The van der Waals surface area contributed by atoms with Crippen LogP contribution >= 0.6 is 11.6 Å². The second-order valence-electron chi connectivity index (χ2n) is 2.89. The number of unbranched alkanes of at least 4 members (excludes halogenated alkanes) is 1. The van der Waals surface area contributed by atoms with Crippen LogP contribution in [0.25, 0.3) is 0 Å². The maximum Gasteiger partial charge on any atom is 0.316 e. The van der Waals surface area contributed by atoms with Gasteiger partial charge in [-0.3, -0.25) is 0 Å². The zero-order chi connectivity index (χ0) is 9.82. The van der Waals surface area contributed by atoms with Gasteiger partial charge < -0.3 is 5.11 Å². The highest BCUT2D eigenvalue weighted by Gasteiger charge is 2.01. The van der Waals surface area contributed by atoms with Crippen LogP contribution in [-0.2, 0) is 0 Å². The van der Waals surface area contributed by atoms with E-state index in [9.17, 15) is 0 Å². The molecule has 0 radical (unpaired) electrons. The molecule has 0 amide bonds. The number of rotatable bonds is 5. The van der Waals surface area contributed by atoms with Crippen LogP contribution in [0.2, 0.25) is 0 Å². The summed E-state index contributed by atoms with van der Waals surface area (Å²) in [6.07, 6.45) is 5.19. The minimum atomic E-state index is 0. The van der Waals surface area contributed by atoms with Gasteiger partial charge in [0.2, 0.25) is 0 Å². The predicted molar refractivity (Wildman–Crippen MR) is 65.3 cm³/mol. The molecule has 0 spiro atoms. The highest BCUT2D eigenvalue weighted by molar-refractivity contribution is 6.18. The van der Waals surface area contributed by atoms with Crippen molar-refractivity contribution in [2.75, 3.05) is 12.5 Å². The lowest BCUT2D eigenvalue weighted by atomic mass is 10.0. The molecule has 3 heteroatoms. The monoisotopic (exact) mass is 220 g/mol. The molecule has 0 aliphatic carbocycles. The van der Waals surface area contributed by atoms with E-state index in [0.29, 0.717) is 0 Å². The standard InChI is InChI=1S/C8H17Cl.C2H6O.Mg.2H/c1-3-5-6-8(4-2)7-9;1-2-3;;;/h8H,3-7H2,1-2H3;3H,2H2,1H3;;;. The predicted octanol–water partition coefficient (Wildman–Crippen LogP) is 2.52. The van der Waals surface area contributed by atoms with Gasteiger partial charge in [-0.15, -0.1) is 11.6 Å². The van der Waals surface area contributed by atoms with E-state index in [1.54, 1.807) is 6.92 Å². The molecule has 0 aliphatic rings. The van der Waals surface area contributed by atoms with Crippen LogP contribution in [0.3, 0.4) is 0 Å². The fraction of sp³-hybridized carbons (Fsp3) is 1.00. The summed E-state index contributed by atoms with van der Waals surface area (Å²) in [5.74, 6) is 1.61. The van der Waals surface area contributed by atoms with Crippen LogP contribution in [0.15, 0.2) is 0 Å². The van der Waals surface area contributed by atoms with Crippen LogP contribution in [0, 0.1) is 5.92 Å². The van der Waals surface area contributed by atoms with Gasteiger partial charge >= 0.3 is 23.1 Å². The van der Waals surface area contributed by atoms with Gasteiger partial charge in [0, 0.05) is 12.5 Å². The molecule has 0 saturated heterocycles. The van der Waals surface area contributed by atoms with Crippen molar-refractivity contribution in [2.45, 2.75) is 46.5 Å². The Bertz CT molecular complexity index is 67.9. The third kappa shape index (κ3) is 19.4. The van der Waals surface area contributed by atoms with Gasteiger partial charge in [-0.2, -0.15) is 0 Å². The summed E-state index contributed by atoms with van der Waals surface area (Å²) in [6.45, 7) is 6.36. The first-order chi connectivity index (χ1) is 5.76. The third-order valence-corrected chi connectivity index (χ3v) is 2.20. The summed E-state index contributed by atoms with van der Waals surface area (Å²) >= 11 is 5.70. The Hall–Kier alpha value is 1.02. The summed E-state index contributed by atoms with van der Waals surface area (Å²) < 4.78 is 0. The van der Waals surface area contributed by atoms with Gasteiger partial charge in [0.25, 0.3) is 0 Å². The molecule has 80 valence electrons. The fourth-order valence-corrected chi connectivity index (χ4v) is 1.26. The second-order valence-corrected chi connectivity index (χ2v) is 3.20. The Kier molecular flexibility index (Phi) is 28.2. The molecule has 0 heterocycles. The van der Waals surface area contributed by atoms with Gasteiger partial charge in [-0.1, -0.05) is 33.1 Å². The van der Waals surface area contributed by atoms with Crippen LogP contribution < -0.4 is 0 Å². The smallest absolute Gasteiger partial charge is 0.316 e. The lowest BCUT2D eigenvalue weighted by Gasteiger charge is -2.08. The second kappa shape index (κ2) is 18.7. The largest absolute Gasteiger partial charge is 0.397 e. The van der Waals surface area contributed by atoms with E-state index in [1.165, 1.54) is 25.7 Å². The van der Waals surface area contributed by atoms with Crippen molar-refractivity contribution >= 4 is 34.7 Å². The van der Waals surface area contributed by atoms with Crippen molar-refractivity contribution in [2.24, 2.45) is 5.92 Å². The molecular weight excluding hydrogens is 196 g/mol. The number of hydrogen-bond donors (Lipinski definition) is 1. The molecule has 1 N–H and O–H groups in total. The van der Waals surface area contributed by atoms with E-state index < -0.39 is 0 Å². The Morgan fingerprint density at radius 3 is 1.92 bits per heavy atom. The van der Waals surface area contributed by atoms with Crippen LogP contribution in [-0.4, -0.2) is 40.6 Å². The molecular formula is C10H25ClMgO. The quantitative estimate of drug-likeness (QED) is 0.558. The molecule has 1 nitrogen and oxygen atoms in total. The van der Waals surface area contributed by atoms with E-state index in [1.807, 2.05) is 0 Å². The number of aliphatic hydroxyl groups is 1. The summed E-state index contributed by atoms with van der Waals surface area (Å²) in [5.41, 5.74) is 0. The van der Waals surface area contributed by atoms with Crippen LogP contribution in [0.5, 0.6) is 0 Å². The SMILES string of the molecule is CCCCC(CC)CCl.CCO.[MgH2]. The van der Waals surface area contributed by atoms with Crippen LogP contribution in [0.4, 0.5) is 0 Å². The molecule has 0 aliphatic heterocycles. The highest BCUT2D eigenvalue weighted by Crippen LogP contribution is 2.13. The zero-order valence-electron chi connectivity index (χ0n) is 8.65. The maximum atomic E-state index is 7.57. The minimum Gasteiger partial charge on any atom is -0.397 e. The summed E-state index contributed by atoms with van der Waals surface area (Å²) in [5, 5.41) is 7.57. The van der Waals surface area contributed by atoms with Crippen molar-refractivity contribution in [3.63, 3.8) is 0 Å². The normalized spacial score (nSPS) is 10.8. The van der Waals surface area contributed by atoms with Crippen molar-refractivity contribution in [1.82, 2.24) is 0 Å². The van der Waals surface area contributed by atoms with Gasteiger partial charge in [-0.25, -0.2) is 0 Å². The van der Waals surface area contributed by atoms with E-state index in [-0.39, 0.29) is 29.7 Å². The molecule has 0 aromatic rings. The summed E-state index contributed by atoms with van der Waals surface area (Å²) in [4.78, 5) is 0. The molecule has 0 saturated carbocycles. The average Bonchev–Trinajstić information content (AvgIpc) is 2.08. The Balaban J connectivity index is -0.000000220. The van der Waals surface area contributed by atoms with Gasteiger partial charge in [-0.05, 0) is 19.3 Å². The van der Waals surface area contributed by atoms with E-state index in [4.69, 9.17) is 16.7 Å². The maximum absolute atomic E-state index is 7.57. The molecule has 1 atom stereocenters. The van der Waals surface area contributed by atoms with E-state index >= 15 is 0 Å². The van der Waals surface area contributed by atoms with E-state index in [2.05, 4.69) is 13.8 Å². The fourth-order valence-electron chi connectivity index (χ4n) is 0.883. The summed E-state index contributed by atoms with van der Waals surface area (Å²) in [7, 11) is 0. The van der Waals surface area contributed by atoms with Crippen molar-refractivity contribution in [1.29, 1.82) is 0 Å². The van der Waals surface area contributed by atoms with Gasteiger partial charge in [0.1, 0.15) is 0 Å². The Morgan fingerprint density at radius 2 is 1.69 bits per heavy atom. The van der Waals surface area contributed by atoms with Crippen LogP contribution in [0.1, 0.15) is 46.5 Å². The lowest BCUT2D eigenvalue weighted by Crippen LogP contribution is -1.99. The molecule has 0 aromatic heterocycles. The minimum absolute atomic E-state index is 0. The number of hydrogen-bond acceptors (Lipinski definition) is 1. The van der Waals surface area contributed by atoms with Crippen molar-refractivity contribution in [3.05, 3.63) is 0 Å². The van der Waals surface area contributed by atoms with Crippen molar-refractivity contribution < 1.29 is 5.11 Å².